The maximum Gasteiger partial charge on any atom is 0.0386 e. The van der Waals surface area contributed by atoms with Gasteiger partial charge in [0, 0.05) is 10.5 Å². The number of aryl methyl sites for hydroxylation is 1. The molecule has 0 radical (unpaired) electrons. The Kier molecular flexibility index (Phi) is 4.23. The van der Waals surface area contributed by atoms with E-state index in [0.29, 0.717) is 6.04 Å². The minimum absolute atomic E-state index is 0.555. The molecule has 17 heavy (non-hydrogen) atoms. The number of rotatable bonds is 3. The SMILES string of the molecule is CNCC1CCN(C)C1c1ccc(C)c(Br)c1. The molecule has 1 heterocycles. The van der Waals surface area contributed by atoms with Crippen LogP contribution in [0.15, 0.2) is 22.7 Å². The van der Waals surface area contributed by atoms with Gasteiger partial charge in [-0.15, -0.1) is 0 Å². The summed E-state index contributed by atoms with van der Waals surface area (Å²) in [6, 6.07) is 7.32. The Morgan fingerprint density at radius 3 is 2.88 bits per heavy atom. The normalized spacial score (nSPS) is 25.4. The monoisotopic (exact) mass is 296 g/mol. The van der Waals surface area contributed by atoms with Crippen LogP contribution in [0, 0.1) is 12.8 Å². The largest absolute Gasteiger partial charge is 0.319 e. The summed E-state index contributed by atoms with van der Waals surface area (Å²) in [5.41, 5.74) is 2.74. The summed E-state index contributed by atoms with van der Waals surface area (Å²) in [5, 5.41) is 3.32. The highest BCUT2D eigenvalue weighted by atomic mass is 79.9. The van der Waals surface area contributed by atoms with E-state index in [4.69, 9.17) is 0 Å². The van der Waals surface area contributed by atoms with Crippen LogP contribution in [0.3, 0.4) is 0 Å². The fraction of sp³-hybridized carbons (Fsp3) is 0.571. The van der Waals surface area contributed by atoms with Crippen LogP contribution >= 0.6 is 15.9 Å². The Morgan fingerprint density at radius 1 is 1.47 bits per heavy atom. The van der Waals surface area contributed by atoms with Gasteiger partial charge in [0.2, 0.25) is 0 Å². The Bertz CT molecular complexity index is 390. The molecule has 0 bridgehead atoms. The summed E-state index contributed by atoms with van der Waals surface area (Å²) in [7, 11) is 4.27. The first-order valence-electron chi connectivity index (χ1n) is 6.24. The Labute approximate surface area is 113 Å². The number of hydrogen-bond donors (Lipinski definition) is 1. The number of benzene rings is 1. The second-order valence-electron chi connectivity index (χ2n) is 5.04. The van der Waals surface area contributed by atoms with Crippen molar-refractivity contribution in [2.24, 2.45) is 5.92 Å². The number of nitrogens with zero attached hydrogens (tertiary/aromatic N) is 1. The first-order valence-corrected chi connectivity index (χ1v) is 7.03. The lowest BCUT2D eigenvalue weighted by Crippen LogP contribution is -2.26. The molecule has 1 N–H and O–H groups in total. The second-order valence-corrected chi connectivity index (χ2v) is 5.89. The zero-order valence-electron chi connectivity index (χ0n) is 10.8. The van der Waals surface area contributed by atoms with E-state index in [9.17, 15) is 0 Å². The van der Waals surface area contributed by atoms with Crippen molar-refractivity contribution in [1.29, 1.82) is 0 Å². The molecule has 1 fully saturated rings. The maximum atomic E-state index is 3.64. The van der Waals surface area contributed by atoms with Crippen LogP contribution in [-0.4, -0.2) is 32.1 Å². The fourth-order valence-corrected chi connectivity index (χ4v) is 3.22. The van der Waals surface area contributed by atoms with Crippen molar-refractivity contribution < 1.29 is 0 Å². The molecule has 2 unspecified atom stereocenters. The van der Waals surface area contributed by atoms with Crippen molar-refractivity contribution >= 4 is 15.9 Å². The predicted molar refractivity (Wildman–Crippen MR) is 76.3 cm³/mol. The predicted octanol–water partition coefficient (Wildman–Crippen LogP) is 2.97. The van der Waals surface area contributed by atoms with E-state index in [0.717, 1.165) is 12.5 Å². The summed E-state index contributed by atoms with van der Waals surface area (Å²) < 4.78 is 1.22. The van der Waals surface area contributed by atoms with E-state index in [1.165, 1.54) is 28.6 Å². The average Bonchev–Trinajstić information content (AvgIpc) is 2.65. The van der Waals surface area contributed by atoms with Crippen molar-refractivity contribution in [3.63, 3.8) is 0 Å². The van der Waals surface area contributed by atoms with Gasteiger partial charge in [-0.25, -0.2) is 0 Å². The Morgan fingerprint density at radius 2 is 2.24 bits per heavy atom. The standard InChI is InChI=1S/C14H21BrN2/c1-10-4-5-11(8-13(10)15)14-12(9-16-2)6-7-17(14)3/h4-5,8,12,14,16H,6-7,9H2,1-3H3. The molecule has 1 aliphatic heterocycles. The summed E-state index contributed by atoms with van der Waals surface area (Å²) in [5.74, 6) is 0.722. The molecule has 1 saturated heterocycles. The van der Waals surface area contributed by atoms with Crippen LogP contribution in [0.1, 0.15) is 23.6 Å². The second kappa shape index (κ2) is 5.51. The lowest BCUT2D eigenvalue weighted by atomic mass is 9.93. The van der Waals surface area contributed by atoms with Gasteiger partial charge in [-0.3, -0.25) is 4.90 Å². The molecule has 2 rings (SSSR count). The third kappa shape index (κ3) is 2.72. The summed E-state index contributed by atoms with van der Waals surface area (Å²) in [6.45, 7) is 4.43. The number of nitrogens with one attached hydrogen (secondary N) is 1. The topological polar surface area (TPSA) is 15.3 Å². The van der Waals surface area contributed by atoms with Crippen molar-refractivity contribution in [2.45, 2.75) is 19.4 Å². The number of halogens is 1. The maximum absolute atomic E-state index is 3.64. The molecule has 2 atom stereocenters. The van der Waals surface area contributed by atoms with Gasteiger partial charge < -0.3 is 5.32 Å². The van der Waals surface area contributed by atoms with Crippen molar-refractivity contribution in [3.8, 4) is 0 Å². The number of hydrogen-bond acceptors (Lipinski definition) is 2. The molecular weight excluding hydrogens is 276 g/mol. The van der Waals surface area contributed by atoms with Crippen molar-refractivity contribution in [3.05, 3.63) is 33.8 Å². The van der Waals surface area contributed by atoms with E-state index in [1.54, 1.807) is 0 Å². The third-order valence-corrected chi connectivity index (χ3v) is 4.63. The van der Waals surface area contributed by atoms with Gasteiger partial charge >= 0.3 is 0 Å². The van der Waals surface area contributed by atoms with Gasteiger partial charge in [0.15, 0.2) is 0 Å². The van der Waals surface area contributed by atoms with E-state index < -0.39 is 0 Å². The number of likely N-dealkylation sites (tertiary alicyclic amines) is 1. The van der Waals surface area contributed by atoms with Crippen molar-refractivity contribution in [2.75, 3.05) is 27.2 Å². The highest BCUT2D eigenvalue weighted by Gasteiger charge is 2.32. The first kappa shape index (κ1) is 13.1. The van der Waals surface area contributed by atoms with Gasteiger partial charge in [0.05, 0.1) is 0 Å². The molecule has 0 spiro atoms. The van der Waals surface area contributed by atoms with Gasteiger partial charge in [0.25, 0.3) is 0 Å². The summed E-state index contributed by atoms with van der Waals surface area (Å²) >= 11 is 3.64. The molecular formula is C14H21BrN2. The third-order valence-electron chi connectivity index (χ3n) is 3.78. The van der Waals surface area contributed by atoms with Gasteiger partial charge in [-0.05, 0) is 63.6 Å². The first-order chi connectivity index (χ1) is 8.13. The van der Waals surface area contributed by atoms with Gasteiger partial charge in [-0.2, -0.15) is 0 Å². The van der Waals surface area contributed by atoms with Crippen LogP contribution < -0.4 is 5.32 Å². The molecule has 1 aromatic rings. The lowest BCUT2D eigenvalue weighted by molar-refractivity contribution is 0.274. The molecule has 3 heteroatoms. The molecule has 1 aliphatic rings. The van der Waals surface area contributed by atoms with Gasteiger partial charge in [0.1, 0.15) is 0 Å². The molecule has 0 amide bonds. The summed E-state index contributed by atoms with van der Waals surface area (Å²) in [6.07, 6.45) is 1.29. The minimum atomic E-state index is 0.555. The van der Waals surface area contributed by atoms with Crippen LogP contribution in [0.25, 0.3) is 0 Å². The Balaban J connectivity index is 2.26. The van der Waals surface area contributed by atoms with E-state index in [1.807, 2.05) is 7.05 Å². The zero-order chi connectivity index (χ0) is 12.4. The molecule has 0 aromatic heterocycles. The molecule has 0 aliphatic carbocycles. The van der Waals surface area contributed by atoms with E-state index in [2.05, 4.69) is 58.3 Å². The lowest BCUT2D eigenvalue weighted by Gasteiger charge is -2.26. The van der Waals surface area contributed by atoms with Crippen LogP contribution in [0.5, 0.6) is 0 Å². The molecule has 2 nitrogen and oxygen atoms in total. The molecule has 94 valence electrons. The summed E-state index contributed by atoms with van der Waals surface area (Å²) in [4.78, 5) is 2.47. The highest BCUT2D eigenvalue weighted by molar-refractivity contribution is 9.10. The van der Waals surface area contributed by atoms with Crippen LogP contribution in [0.4, 0.5) is 0 Å². The Hall–Kier alpha value is -0.380. The van der Waals surface area contributed by atoms with Crippen LogP contribution in [-0.2, 0) is 0 Å². The molecule has 0 saturated carbocycles. The van der Waals surface area contributed by atoms with E-state index >= 15 is 0 Å². The van der Waals surface area contributed by atoms with Crippen molar-refractivity contribution in [1.82, 2.24) is 10.2 Å². The minimum Gasteiger partial charge on any atom is -0.319 e. The highest BCUT2D eigenvalue weighted by Crippen LogP contribution is 2.36. The smallest absolute Gasteiger partial charge is 0.0386 e. The quantitative estimate of drug-likeness (QED) is 0.923. The fourth-order valence-electron chi connectivity index (χ4n) is 2.82. The van der Waals surface area contributed by atoms with Gasteiger partial charge in [-0.1, -0.05) is 28.1 Å². The van der Waals surface area contributed by atoms with Crippen LogP contribution in [0.2, 0.25) is 0 Å². The van der Waals surface area contributed by atoms with E-state index in [-0.39, 0.29) is 0 Å². The zero-order valence-corrected chi connectivity index (χ0v) is 12.4. The average molecular weight is 297 g/mol. The molecule has 1 aromatic carbocycles.